The molecule has 1 aromatic rings. The molecule has 0 spiro atoms. The number of pyridine rings is 1. The summed E-state index contributed by atoms with van der Waals surface area (Å²) < 4.78 is 0. The molecule has 3 N–H and O–H groups in total. The van der Waals surface area contributed by atoms with Gasteiger partial charge in [0.2, 0.25) is 0 Å². The standard InChI is InChI=1S/C14H24N4/c1-11-5-3-7-13(9-11)18(2)10-12-6-4-8-16-14(12)17-15/h4,6,8,11,13H,3,5,7,9-10,15H2,1-2H3,(H,16,17). The molecule has 1 saturated carbocycles. The van der Waals surface area contributed by atoms with Crippen molar-refractivity contribution in [1.82, 2.24) is 9.88 Å². The Hall–Kier alpha value is -1.13. The average Bonchev–Trinajstić information content (AvgIpc) is 2.39. The van der Waals surface area contributed by atoms with Crippen LogP contribution in [0.4, 0.5) is 5.82 Å². The average molecular weight is 248 g/mol. The fraction of sp³-hybridized carbons (Fsp3) is 0.643. The van der Waals surface area contributed by atoms with E-state index in [0.29, 0.717) is 6.04 Å². The molecule has 0 aromatic carbocycles. The zero-order chi connectivity index (χ0) is 13.0. The molecule has 2 rings (SSSR count). The van der Waals surface area contributed by atoms with E-state index in [-0.39, 0.29) is 0 Å². The van der Waals surface area contributed by atoms with Gasteiger partial charge in [-0.1, -0.05) is 25.8 Å². The second-order valence-corrected chi connectivity index (χ2v) is 5.50. The third-order valence-corrected chi connectivity index (χ3v) is 3.98. The number of nitrogens with zero attached hydrogens (tertiary/aromatic N) is 2. The van der Waals surface area contributed by atoms with E-state index in [0.717, 1.165) is 18.3 Å². The Bertz CT molecular complexity index is 380. The number of hydrogen-bond acceptors (Lipinski definition) is 4. The van der Waals surface area contributed by atoms with Crippen molar-refractivity contribution in [3.63, 3.8) is 0 Å². The van der Waals surface area contributed by atoms with E-state index in [1.807, 2.05) is 6.07 Å². The molecule has 1 heterocycles. The summed E-state index contributed by atoms with van der Waals surface area (Å²) >= 11 is 0. The molecular weight excluding hydrogens is 224 g/mol. The summed E-state index contributed by atoms with van der Waals surface area (Å²) in [4.78, 5) is 6.69. The maximum atomic E-state index is 5.50. The molecule has 0 bridgehead atoms. The summed E-state index contributed by atoms with van der Waals surface area (Å²) in [6.07, 6.45) is 7.12. The molecule has 1 aliphatic carbocycles. The Labute approximate surface area is 110 Å². The Morgan fingerprint density at radius 2 is 2.33 bits per heavy atom. The second kappa shape index (κ2) is 6.16. The molecule has 4 nitrogen and oxygen atoms in total. The largest absolute Gasteiger partial charge is 0.308 e. The molecule has 0 saturated heterocycles. The van der Waals surface area contributed by atoms with Gasteiger partial charge in [-0.25, -0.2) is 10.8 Å². The third-order valence-electron chi connectivity index (χ3n) is 3.98. The predicted molar refractivity (Wildman–Crippen MR) is 74.9 cm³/mol. The Balaban J connectivity index is 1.99. The first kappa shape index (κ1) is 13.3. The van der Waals surface area contributed by atoms with Crippen LogP contribution in [0, 0.1) is 5.92 Å². The monoisotopic (exact) mass is 248 g/mol. The van der Waals surface area contributed by atoms with Gasteiger partial charge in [0.05, 0.1) is 0 Å². The maximum Gasteiger partial charge on any atom is 0.144 e. The van der Waals surface area contributed by atoms with Gasteiger partial charge in [-0.05, 0) is 31.9 Å². The highest BCUT2D eigenvalue weighted by Gasteiger charge is 2.22. The van der Waals surface area contributed by atoms with Crippen molar-refractivity contribution < 1.29 is 0 Å². The number of rotatable bonds is 4. The minimum atomic E-state index is 0.694. The van der Waals surface area contributed by atoms with Crippen molar-refractivity contribution in [2.24, 2.45) is 11.8 Å². The predicted octanol–water partition coefficient (Wildman–Crippen LogP) is 2.38. The van der Waals surface area contributed by atoms with E-state index in [1.165, 1.54) is 31.2 Å². The highest BCUT2D eigenvalue weighted by molar-refractivity contribution is 5.42. The number of aromatic nitrogens is 1. The fourth-order valence-electron chi connectivity index (χ4n) is 2.90. The minimum Gasteiger partial charge on any atom is -0.308 e. The third kappa shape index (κ3) is 3.21. The summed E-state index contributed by atoms with van der Waals surface area (Å²) in [5.41, 5.74) is 3.84. The Morgan fingerprint density at radius 1 is 1.50 bits per heavy atom. The summed E-state index contributed by atoms with van der Waals surface area (Å²) in [5, 5.41) is 0. The summed E-state index contributed by atoms with van der Waals surface area (Å²) in [5.74, 6) is 7.14. The number of hydrogen-bond donors (Lipinski definition) is 2. The van der Waals surface area contributed by atoms with Crippen LogP contribution in [0.5, 0.6) is 0 Å². The smallest absolute Gasteiger partial charge is 0.144 e. The molecule has 1 aliphatic rings. The molecule has 1 fully saturated rings. The quantitative estimate of drug-likeness (QED) is 0.634. The molecule has 0 aliphatic heterocycles. The van der Waals surface area contributed by atoms with E-state index in [9.17, 15) is 0 Å². The topological polar surface area (TPSA) is 54.2 Å². The van der Waals surface area contributed by atoms with Crippen molar-refractivity contribution in [1.29, 1.82) is 0 Å². The molecule has 0 radical (unpaired) electrons. The van der Waals surface area contributed by atoms with Crippen molar-refractivity contribution >= 4 is 5.82 Å². The molecule has 100 valence electrons. The van der Waals surface area contributed by atoms with Crippen LogP contribution in [0.2, 0.25) is 0 Å². The van der Waals surface area contributed by atoms with E-state index < -0.39 is 0 Å². The Morgan fingerprint density at radius 3 is 3.06 bits per heavy atom. The lowest BCUT2D eigenvalue weighted by Crippen LogP contribution is -2.35. The van der Waals surface area contributed by atoms with Crippen LogP contribution >= 0.6 is 0 Å². The van der Waals surface area contributed by atoms with E-state index in [2.05, 4.69) is 35.3 Å². The van der Waals surface area contributed by atoms with Crippen molar-refractivity contribution in [3.8, 4) is 0 Å². The van der Waals surface area contributed by atoms with Gasteiger partial charge in [-0.3, -0.25) is 4.90 Å². The van der Waals surface area contributed by atoms with Crippen LogP contribution in [-0.2, 0) is 6.54 Å². The van der Waals surface area contributed by atoms with Crippen LogP contribution in [-0.4, -0.2) is 23.0 Å². The highest BCUT2D eigenvalue weighted by Crippen LogP contribution is 2.27. The van der Waals surface area contributed by atoms with Gasteiger partial charge in [0.1, 0.15) is 5.82 Å². The van der Waals surface area contributed by atoms with Crippen LogP contribution in [0.25, 0.3) is 0 Å². The lowest BCUT2D eigenvalue weighted by molar-refractivity contribution is 0.158. The van der Waals surface area contributed by atoms with Crippen LogP contribution in [0.1, 0.15) is 38.2 Å². The summed E-state index contributed by atoms with van der Waals surface area (Å²) in [7, 11) is 2.20. The van der Waals surface area contributed by atoms with Gasteiger partial charge >= 0.3 is 0 Å². The molecule has 1 aromatic heterocycles. The normalized spacial score (nSPS) is 24.2. The number of hydrazine groups is 1. The van der Waals surface area contributed by atoms with Gasteiger partial charge in [-0.15, -0.1) is 0 Å². The molecule has 2 atom stereocenters. The van der Waals surface area contributed by atoms with Gasteiger partial charge < -0.3 is 5.43 Å². The van der Waals surface area contributed by atoms with E-state index in [4.69, 9.17) is 5.84 Å². The first-order valence-electron chi connectivity index (χ1n) is 6.81. The van der Waals surface area contributed by atoms with Gasteiger partial charge in [0.15, 0.2) is 0 Å². The lowest BCUT2D eigenvalue weighted by Gasteiger charge is -2.34. The lowest BCUT2D eigenvalue weighted by atomic mass is 9.86. The van der Waals surface area contributed by atoms with Crippen LogP contribution in [0.3, 0.4) is 0 Å². The first-order valence-corrected chi connectivity index (χ1v) is 6.81. The van der Waals surface area contributed by atoms with Gasteiger partial charge in [0, 0.05) is 24.3 Å². The van der Waals surface area contributed by atoms with Crippen molar-refractivity contribution in [3.05, 3.63) is 23.9 Å². The van der Waals surface area contributed by atoms with Gasteiger partial charge in [-0.2, -0.15) is 0 Å². The van der Waals surface area contributed by atoms with Crippen molar-refractivity contribution in [2.45, 2.75) is 45.2 Å². The second-order valence-electron chi connectivity index (χ2n) is 5.50. The minimum absolute atomic E-state index is 0.694. The molecule has 18 heavy (non-hydrogen) atoms. The van der Waals surface area contributed by atoms with Crippen LogP contribution < -0.4 is 11.3 Å². The van der Waals surface area contributed by atoms with Crippen LogP contribution in [0.15, 0.2) is 18.3 Å². The molecule has 0 amide bonds. The van der Waals surface area contributed by atoms with E-state index in [1.54, 1.807) is 6.20 Å². The molecule has 4 heteroatoms. The molecule has 2 unspecified atom stereocenters. The summed E-state index contributed by atoms with van der Waals surface area (Å²) in [6, 6.07) is 4.75. The van der Waals surface area contributed by atoms with Crippen molar-refractivity contribution in [2.75, 3.05) is 12.5 Å². The van der Waals surface area contributed by atoms with E-state index >= 15 is 0 Å². The highest BCUT2D eigenvalue weighted by atomic mass is 15.3. The Kier molecular flexibility index (Phi) is 4.55. The first-order chi connectivity index (χ1) is 8.70. The SMILES string of the molecule is CC1CCCC(N(C)Cc2cccnc2NN)C1. The van der Waals surface area contributed by atoms with Gasteiger partial charge in [0.25, 0.3) is 0 Å². The maximum absolute atomic E-state index is 5.50. The number of anilines is 1. The zero-order valence-corrected chi connectivity index (χ0v) is 11.4. The number of nitrogens with two attached hydrogens (primary N) is 1. The zero-order valence-electron chi connectivity index (χ0n) is 11.4. The fourth-order valence-corrected chi connectivity index (χ4v) is 2.90. The summed E-state index contributed by atoms with van der Waals surface area (Å²) in [6.45, 7) is 3.27. The number of nitrogen functional groups attached to an aromatic ring is 1. The number of nitrogens with one attached hydrogen (secondary N) is 1. The molecular formula is C14H24N4.